The van der Waals surface area contributed by atoms with Crippen LogP contribution in [0.5, 0.6) is 11.5 Å². The second-order valence-corrected chi connectivity index (χ2v) is 7.62. The number of hydrogen-bond donors (Lipinski definition) is 1. The molecule has 2 aromatic carbocycles. The Bertz CT molecular complexity index is 867. The Balaban J connectivity index is 1.57. The lowest BCUT2D eigenvalue weighted by Crippen LogP contribution is -2.44. The number of rotatable bonds is 4. The first kappa shape index (κ1) is 18.3. The lowest BCUT2D eigenvalue weighted by Gasteiger charge is -2.38. The van der Waals surface area contributed by atoms with Crippen LogP contribution in [0.3, 0.4) is 0 Å². The van der Waals surface area contributed by atoms with Crippen LogP contribution in [0.4, 0.5) is 4.39 Å². The van der Waals surface area contributed by atoms with Crippen molar-refractivity contribution in [1.29, 1.82) is 0 Å². The van der Waals surface area contributed by atoms with Crippen LogP contribution in [0.15, 0.2) is 40.9 Å². The van der Waals surface area contributed by atoms with E-state index < -0.39 is 5.82 Å². The molecule has 0 bridgehead atoms. The molecule has 0 atom stereocenters. The molecular formula is C20H19BrFNO4. The number of carbonyl (C=O) groups is 1. The van der Waals surface area contributed by atoms with E-state index in [1.807, 2.05) is 18.2 Å². The van der Waals surface area contributed by atoms with Gasteiger partial charge in [0.2, 0.25) is 6.79 Å². The van der Waals surface area contributed by atoms with Crippen LogP contribution in [0.1, 0.15) is 28.8 Å². The summed E-state index contributed by atoms with van der Waals surface area (Å²) >= 11 is 3.31. The monoisotopic (exact) mass is 435 g/mol. The van der Waals surface area contributed by atoms with E-state index in [1.165, 1.54) is 18.2 Å². The Hall–Kier alpha value is -2.12. The van der Waals surface area contributed by atoms with E-state index in [0.717, 1.165) is 29.9 Å². The topological polar surface area (TPSA) is 56.8 Å². The number of nitrogens with one attached hydrogen (secondary N) is 1. The molecule has 1 saturated heterocycles. The quantitative estimate of drug-likeness (QED) is 0.793. The maximum Gasteiger partial charge on any atom is 0.252 e. The molecule has 142 valence electrons. The van der Waals surface area contributed by atoms with Crippen molar-refractivity contribution in [2.45, 2.75) is 18.3 Å². The maximum atomic E-state index is 13.5. The van der Waals surface area contributed by atoms with E-state index >= 15 is 0 Å². The molecule has 27 heavy (non-hydrogen) atoms. The van der Waals surface area contributed by atoms with Crippen molar-refractivity contribution in [2.75, 3.05) is 26.6 Å². The van der Waals surface area contributed by atoms with E-state index in [1.54, 1.807) is 0 Å². The van der Waals surface area contributed by atoms with Gasteiger partial charge in [-0.3, -0.25) is 4.79 Å². The van der Waals surface area contributed by atoms with Crippen LogP contribution in [-0.2, 0) is 10.2 Å². The third kappa shape index (κ3) is 3.66. The van der Waals surface area contributed by atoms with E-state index in [2.05, 4.69) is 21.2 Å². The largest absolute Gasteiger partial charge is 0.454 e. The molecule has 0 saturated carbocycles. The Morgan fingerprint density at radius 2 is 1.89 bits per heavy atom. The molecule has 1 fully saturated rings. The van der Waals surface area contributed by atoms with E-state index in [4.69, 9.17) is 14.2 Å². The Labute approximate surface area is 164 Å². The fourth-order valence-corrected chi connectivity index (χ4v) is 4.00. The minimum atomic E-state index is -0.445. The number of hydrogen-bond acceptors (Lipinski definition) is 4. The van der Waals surface area contributed by atoms with Gasteiger partial charge >= 0.3 is 0 Å². The minimum Gasteiger partial charge on any atom is -0.454 e. The molecule has 1 amide bonds. The van der Waals surface area contributed by atoms with Gasteiger partial charge in [-0.15, -0.1) is 0 Å². The number of fused-ring (bicyclic) bond motifs is 1. The van der Waals surface area contributed by atoms with E-state index in [9.17, 15) is 9.18 Å². The highest BCUT2D eigenvalue weighted by Crippen LogP contribution is 2.40. The van der Waals surface area contributed by atoms with Crippen LogP contribution < -0.4 is 14.8 Å². The molecule has 5 nitrogen and oxygen atoms in total. The van der Waals surface area contributed by atoms with Crippen LogP contribution in [0, 0.1) is 5.82 Å². The Morgan fingerprint density at radius 1 is 1.11 bits per heavy atom. The number of amides is 1. The van der Waals surface area contributed by atoms with Crippen LogP contribution >= 0.6 is 15.9 Å². The fourth-order valence-electron chi connectivity index (χ4n) is 3.57. The van der Waals surface area contributed by atoms with Gasteiger partial charge in [0.25, 0.3) is 5.91 Å². The first-order chi connectivity index (χ1) is 13.1. The van der Waals surface area contributed by atoms with Crippen LogP contribution in [0.2, 0.25) is 0 Å². The van der Waals surface area contributed by atoms with Gasteiger partial charge in [-0.2, -0.15) is 0 Å². The number of ether oxygens (including phenoxy) is 3. The predicted octanol–water partition coefficient (Wildman–Crippen LogP) is 3.80. The van der Waals surface area contributed by atoms with Crippen molar-refractivity contribution in [3.05, 3.63) is 57.8 Å². The standard InChI is InChI=1S/C20H19BrFNO4/c21-16-3-2-14(22)10-15(16)19(24)23-11-20(5-7-25-8-6-20)13-1-4-17-18(9-13)27-12-26-17/h1-4,9-10H,5-8,11-12H2,(H,23,24). The first-order valence-corrected chi connectivity index (χ1v) is 9.58. The number of benzene rings is 2. The molecule has 7 heteroatoms. The SMILES string of the molecule is O=C(NCC1(c2ccc3c(c2)OCO3)CCOCC1)c1cc(F)ccc1Br. The molecule has 0 aromatic heterocycles. The molecule has 0 spiro atoms. The zero-order valence-corrected chi connectivity index (χ0v) is 16.2. The summed E-state index contributed by atoms with van der Waals surface area (Å²) < 4.78 is 30.5. The highest BCUT2D eigenvalue weighted by Gasteiger charge is 2.36. The minimum absolute atomic E-state index is 0.221. The molecule has 2 aliphatic heterocycles. The highest BCUT2D eigenvalue weighted by atomic mass is 79.9. The molecule has 0 aliphatic carbocycles. The van der Waals surface area contributed by atoms with Crippen LogP contribution in [0.25, 0.3) is 0 Å². The van der Waals surface area contributed by atoms with Gasteiger partial charge in [-0.25, -0.2) is 4.39 Å². The average molecular weight is 436 g/mol. The summed E-state index contributed by atoms with van der Waals surface area (Å²) in [6, 6.07) is 9.98. The summed E-state index contributed by atoms with van der Waals surface area (Å²) in [7, 11) is 0. The molecular weight excluding hydrogens is 417 g/mol. The summed E-state index contributed by atoms with van der Waals surface area (Å²) in [6.45, 7) is 1.89. The second kappa shape index (κ2) is 7.48. The molecule has 1 N–H and O–H groups in total. The van der Waals surface area contributed by atoms with Crippen molar-refractivity contribution in [1.82, 2.24) is 5.32 Å². The molecule has 0 unspecified atom stereocenters. The van der Waals surface area contributed by atoms with Gasteiger partial charge in [0, 0.05) is 29.6 Å². The maximum absolute atomic E-state index is 13.5. The number of halogens is 2. The highest BCUT2D eigenvalue weighted by molar-refractivity contribution is 9.10. The molecule has 4 rings (SSSR count). The van der Waals surface area contributed by atoms with Gasteiger partial charge in [0.05, 0.1) is 5.56 Å². The summed E-state index contributed by atoms with van der Waals surface area (Å²) in [5.41, 5.74) is 1.09. The zero-order valence-electron chi connectivity index (χ0n) is 14.6. The van der Waals surface area contributed by atoms with Crippen molar-refractivity contribution < 1.29 is 23.4 Å². The molecule has 2 aromatic rings. The lowest BCUT2D eigenvalue weighted by molar-refractivity contribution is 0.0486. The fraction of sp³-hybridized carbons (Fsp3) is 0.350. The van der Waals surface area contributed by atoms with E-state index in [0.29, 0.717) is 24.2 Å². The predicted molar refractivity (Wildman–Crippen MR) is 101 cm³/mol. The van der Waals surface area contributed by atoms with Gasteiger partial charge in [-0.1, -0.05) is 6.07 Å². The smallest absolute Gasteiger partial charge is 0.252 e. The Kier molecular flexibility index (Phi) is 5.06. The summed E-state index contributed by atoms with van der Waals surface area (Å²) in [4.78, 5) is 12.6. The summed E-state index contributed by atoms with van der Waals surface area (Å²) in [5.74, 6) is 0.694. The number of carbonyl (C=O) groups excluding carboxylic acids is 1. The van der Waals surface area contributed by atoms with Gasteiger partial charge in [0.15, 0.2) is 11.5 Å². The molecule has 2 heterocycles. The van der Waals surface area contributed by atoms with Crippen LogP contribution in [-0.4, -0.2) is 32.5 Å². The second-order valence-electron chi connectivity index (χ2n) is 6.77. The Morgan fingerprint density at radius 3 is 2.70 bits per heavy atom. The third-order valence-corrected chi connectivity index (χ3v) is 5.89. The van der Waals surface area contributed by atoms with Crippen molar-refractivity contribution in [3.63, 3.8) is 0 Å². The molecule has 0 radical (unpaired) electrons. The summed E-state index contributed by atoms with van der Waals surface area (Å²) in [5, 5.41) is 2.98. The van der Waals surface area contributed by atoms with Crippen molar-refractivity contribution >= 4 is 21.8 Å². The first-order valence-electron chi connectivity index (χ1n) is 8.79. The summed E-state index contributed by atoms with van der Waals surface area (Å²) in [6.07, 6.45) is 1.55. The normalized spacial score (nSPS) is 17.6. The zero-order chi connectivity index (χ0) is 18.9. The lowest BCUT2D eigenvalue weighted by atomic mass is 9.74. The van der Waals surface area contributed by atoms with Gasteiger partial charge in [-0.05, 0) is 64.7 Å². The third-order valence-electron chi connectivity index (χ3n) is 5.20. The van der Waals surface area contributed by atoms with Gasteiger partial charge in [0.1, 0.15) is 5.82 Å². The molecule has 2 aliphatic rings. The van der Waals surface area contributed by atoms with E-state index in [-0.39, 0.29) is 23.7 Å². The van der Waals surface area contributed by atoms with Crippen molar-refractivity contribution in [2.24, 2.45) is 0 Å². The van der Waals surface area contributed by atoms with Gasteiger partial charge < -0.3 is 19.5 Å². The average Bonchev–Trinajstić information content (AvgIpc) is 3.16. The van der Waals surface area contributed by atoms with Crippen molar-refractivity contribution in [3.8, 4) is 11.5 Å².